The second kappa shape index (κ2) is 5.66. The Balaban J connectivity index is 3.20. The van der Waals surface area contributed by atoms with Gasteiger partial charge in [0.2, 0.25) is 0 Å². The molecule has 0 saturated heterocycles. The second-order valence-electron chi connectivity index (χ2n) is 3.27. The SMILES string of the molecule is CCC(OC)=C(C#N)c1ccc([N+](=O)[O-])cc1. The zero-order valence-electron chi connectivity index (χ0n) is 9.64. The second-order valence-corrected chi connectivity index (χ2v) is 3.27. The lowest BCUT2D eigenvalue weighted by molar-refractivity contribution is -0.384. The fourth-order valence-corrected chi connectivity index (χ4v) is 1.46. The van der Waals surface area contributed by atoms with Crippen molar-refractivity contribution in [3.05, 3.63) is 45.7 Å². The van der Waals surface area contributed by atoms with Crippen LogP contribution >= 0.6 is 0 Å². The summed E-state index contributed by atoms with van der Waals surface area (Å²) in [6.45, 7) is 1.88. The van der Waals surface area contributed by atoms with Gasteiger partial charge in [0.05, 0.1) is 17.6 Å². The number of non-ortho nitro benzene ring substituents is 1. The molecule has 0 atom stereocenters. The van der Waals surface area contributed by atoms with Crippen LogP contribution in [0.4, 0.5) is 5.69 Å². The van der Waals surface area contributed by atoms with Crippen molar-refractivity contribution in [2.24, 2.45) is 0 Å². The van der Waals surface area contributed by atoms with E-state index < -0.39 is 4.92 Å². The lowest BCUT2D eigenvalue weighted by Crippen LogP contribution is -1.93. The molecule has 0 heterocycles. The van der Waals surface area contributed by atoms with E-state index in [9.17, 15) is 10.1 Å². The maximum atomic E-state index is 10.5. The normalized spacial score (nSPS) is 11.4. The highest BCUT2D eigenvalue weighted by Gasteiger charge is 2.10. The fraction of sp³-hybridized carbons (Fsp3) is 0.250. The van der Waals surface area contributed by atoms with Crippen molar-refractivity contribution in [2.75, 3.05) is 7.11 Å². The smallest absolute Gasteiger partial charge is 0.269 e. The molecular formula is C12H12N2O3. The van der Waals surface area contributed by atoms with Gasteiger partial charge in [-0.05, 0) is 17.7 Å². The molecule has 1 aromatic carbocycles. The van der Waals surface area contributed by atoms with Crippen molar-refractivity contribution in [3.63, 3.8) is 0 Å². The lowest BCUT2D eigenvalue weighted by atomic mass is 10.0. The maximum absolute atomic E-state index is 10.5. The van der Waals surface area contributed by atoms with Gasteiger partial charge in [-0.15, -0.1) is 0 Å². The zero-order valence-corrected chi connectivity index (χ0v) is 9.64. The first kappa shape index (κ1) is 12.7. The molecule has 0 N–H and O–H groups in total. The van der Waals surface area contributed by atoms with Gasteiger partial charge in [0.1, 0.15) is 11.8 Å². The first-order valence-corrected chi connectivity index (χ1v) is 5.06. The van der Waals surface area contributed by atoms with Crippen molar-refractivity contribution in [2.45, 2.75) is 13.3 Å². The first-order valence-electron chi connectivity index (χ1n) is 5.06. The van der Waals surface area contributed by atoms with E-state index in [1.807, 2.05) is 6.92 Å². The third kappa shape index (κ3) is 2.82. The Morgan fingerprint density at radius 3 is 2.41 bits per heavy atom. The van der Waals surface area contributed by atoms with Crippen molar-refractivity contribution in [1.29, 1.82) is 5.26 Å². The molecule has 5 heteroatoms. The molecule has 0 aliphatic carbocycles. The summed E-state index contributed by atoms with van der Waals surface area (Å²) < 4.78 is 5.11. The summed E-state index contributed by atoms with van der Waals surface area (Å²) >= 11 is 0. The average Bonchev–Trinajstić information content (AvgIpc) is 2.36. The molecule has 0 fully saturated rings. The van der Waals surface area contributed by atoms with Crippen molar-refractivity contribution < 1.29 is 9.66 Å². The minimum atomic E-state index is -0.476. The highest BCUT2D eigenvalue weighted by molar-refractivity contribution is 5.78. The Bertz CT molecular complexity index is 477. The largest absolute Gasteiger partial charge is 0.500 e. The predicted molar refractivity (Wildman–Crippen MR) is 62.9 cm³/mol. The Labute approximate surface area is 99.1 Å². The molecule has 88 valence electrons. The molecule has 0 aliphatic heterocycles. The number of allylic oxidation sites excluding steroid dienone is 2. The van der Waals surface area contributed by atoms with Crippen LogP contribution < -0.4 is 0 Å². The molecule has 1 rings (SSSR count). The van der Waals surface area contributed by atoms with E-state index in [0.717, 1.165) is 0 Å². The molecule has 0 aromatic heterocycles. The van der Waals surface area contributed by atoms with E-state index >= 15 is 0 Å². The summed E-state index contributed by atoms with van der Waals surface area (Å²) in [5, 5.41) is 19.6. The van der Waals surface area contributed by atoms with Gasteiger partial charge < -0.3 is 4.74 Å². The van der Waals surface area contributed by atoms with E-state index in [-0.39, 0.29) is 5.69 Å². The van der Waals surface area contributed by atoms with Crippen molar-refractivity contribution >= 4 is 11.3 Å². The quantitative estimate of drug-likeness (QED) is 0.346. The van der Waals surface area contributed by atoms with Crippen LogP contribution in [0.3, 0.4) is 0 Å². The van der Waals surface area contributed by atoms with Crippen LogP contribution in [-0.4, -0.2) is 12.0 Å². The number of hydrogen-bond acceptors (Lipinski definition) is 4. The summed E-state index contributed by atoms with van der Waals surface area (Å²) in [7, 11) is 1.50. The first-order chi connectivity index (χ1) is 8.13. The number of methoxy groups -OCH3 is 1. The molecule has 5 nitrogen and oxygen atoms in total. The molecule has 0 amide bonds. The number of nitriles is 1. The molecule has 0 radical (unpaired) electrons. The van der Waals surface area contributed by atoms with E-state index in [4.69, 9.17) is 10.00 Å². The third-order valence-corrected chi connectivity index (χ3v) is 2.32. The standard InChI is InChI=1S/C12H12N2O3/c1-3-12(17-2)11(8-13)9-4-6-10(7-5-9)14(15)16/h4-7H,3H2,1-2H3. The Hall–Kier alpha value is -2.35. The number of rotatable bonds is 4. The number of nitrogens with zero attached hydrogens (tertiary/aromatic N) is 2. The molecule has 0 aliphatic rings. The lowest BCUT2D eigenvalue weighted by Gasteiger charge is -2.06. The Morgan fingerprint density at radius 1 is 1.47 bits per heavy atom. The van der Waals surface area contributed by atoms with E-state index in [1.54, 1.807) is 12.1 Å². The van der Waals surface area contributed by atoms with Gasteiger partial charge in [-0.3, -0.25) is 10.1 Å². The van der Waals surface area contributed by atoms with Crippen LogP contribution in [-0.2, 0) is 4.74 Å². The van der Waals surface area contributed by atoms with Crippen LogP contribution in [0, 0.1) is 21.4 Å². The number of ether oxygens (including phenoxy) is 1. The molecule has 17 heavy (non-hydrogen) atoms. The average molecular weight is 232 g/mol. The Morgan fingerprint density at radius 2 is 2.06 bits per heavy atom. The highest BCUT2D eigenvalue weighted by atomic mass is 16.6. The van der Waals surface area contributed by atoms with E-state index in [0.29, 0.717) is 23.3 Å². The van der Waals surface area contributed by atoms with Gasteiger partial charge in [0.25, 0.3) is 5.69 Å². The van der Waals surface area contributed by atoms with Crippen molar-refractivity contribution in [3.8, 4) is 6.07 Å². The van der Waals surface area contributed by atoms with Gasteiger partial charge in [-0.2, -0.15) is 5.26 Å². The minimum Gasteiger partial charge on any atom is -0.500 e. The number of nitro groups is 1. The van der Waals surface area contributed by atoms with Gasteiger partial charge in [-0.25, -0.2) is 0 Å². The van der Waals surface area contributed by atoms with Gasteiger partial charge >= 0.3 is 0 Å². The monoisotopic (exact) mass is 232 g/mol. The van der Waals surface area contributed by atoms with Gasteiger partial charge in [0.15, 0.2) is 0 Å². The third-order valence-electron chi connectivity index (χ3n) is 2.32. The van der Waals surface area contributed by atoms with Crippen LogP contribution in [0.25, 0.3) is 5.57 Å². The maximum Gasteiger partial charge on any atom is 0.269 e. The van der Waals surface area contributed by atoms with Gasteiger partial charge in [-0.1, -0.05) is 6.92 Å². The van der Waals surface area contributed by atoms with Crippen LogP contribution in [0.1, 0.15) is 18.9 Å². The summed E-state index contributed by atoms with van der Waals surface area (Å²) in [5.74, 6) is 0.571. The van der Waals surface area contributed by atoms with Crippen LogP contribution in [0.5, 0.6) is 0 Å². The van der Waals surface area contributed by atoms with Crippen LogP contribution in [0.15, 0.2) is 30.0 Å². The number of benzene rings is 1. The number of nitro benzene ring substituents is 1. The topological polar surface area (TPSA) is 76.2 Å². The number of hydrogen-bond donors (Lipinski definition) is 0. The summed E-state index contributed by atoms with van der Waals surface area (Å²) in [6, 6.07) is 7.89. The molecule has 1 aromatic rings. The van der Waals surface area contributed by atoms with Crippen LogP contribution in [0.2, 0.25) is 0 Å². The molecular weight excluding hydrogens is 220 g/mol. The predicted octanol–water partition coefficient (Wildman–Crippen LogP) is 2.89. The Kier molecular flexibility index (Phi) is 4.23. The summed E-state index contributed by atoms with van der Waals surface area (Å²) in [4.78, 5) is 10.0. The highest BCUT2D eigenvalue weighted by Crippen LogP contribution is 2.22. The summed E-state index contributed by atoms with van der Waals surface area (Å²) in [6.07, 6.45) is 0.594. The minimum absolute atomic E-state index is 0.00139. The van der Waals surface area contributed by atoms with Crippen molar-refractivity contribution in [1.82, 2.24) is 0 Å². The van der Waals surface area contributed by atoms with E-state index in [2.05, 4.69) is 6.07 Å². The van der Waals surface area contributed by atoms with E-state index in [1.165, 1.54) is 19.2 Å². The molecule has 0 spiro atoms. The molecule has 0 unspecified atom stereocenters. The fourth-order valence-electron chi connectivity index (χ4n) is 1.46. The summed E-state index contributed by atoms with van der Waals surface area (Å²) in [5.41, 5.74) is 1.03. The molecule has 0 bridgehead atoms. The zero-order chi connectivity index (χ0) is 12.8. The van der Waals surface area contributed by atoms with Gasteiger partial charge in [0, 0.05) is 18.6 Å². The molecule has 0 saturated carbocycles.